The van der Waals surface area contributed by atoms with E-state index in [0.717, 1.165) is 37.4 Å². The highest BCUT2D eigenvalue weighted by molar-refractivity contribution is 5.76. The number of hydrogen-bond donors (Lipinski definition) is 3. The number of nitrogens with zero attached hydrogens (tertiary/aromatic N) is 1. The Labute approximate surface area is 147 Å². The molecule has 3 amide bonds. The molecule has 1 aliphatic heterocycles. The fourth-order valence-electron chi connectivity index (χ4n) is 2.70. The van der Waals surface area contributed by atoms with Crippen molar-refractivity contribution in [1.82, 2.24) is 15.5 Å². The van der Waals surface area contributed by atoms with E-state index in [2.05, 4.69) is 10.6 Å². The fraction of sp³-hybridized carbons (Fsp3) is 0.529. The van der Waals surface area contributed by atoms with Crippen LogP contribution in [0.15, 0.2) is 24.3 Å². The number of piperidine rings is 1. The molecule has 1 aromatic rings. The predicted molar refractivity (Wildman–Crippen MR) is 93.7 cm³/mol. The zero-order chi connectivity index (χ0) is 18.1. The SMILES string of the molecule is COc1ccc(OCCNC(=O)NC2CCN(CC(N)=O)CC2)cc1. The van der Waals surface area contributed by atoms with Gasteiger partial charge in [0.05, 0.1) is 20.2 Å². The predicted octanol–water partition coefficient (Wildman–Crippen LogP) is 0.323. The summed E-state index contributed by atoms with van der Waals surface area (Å²) in [5.41, 5.74) is 5.18. The average Bonchev–Trinajstić information content (AvgIpc) is 2.60. The van der Waals surface area contributed by atoms with E-state index in [4.69, 9.17) is 15.2 Å². The van der Waals surface area contributed by atoms with Gasteiger partial charge in [0.25, 0.3) is 0 Å². The Bertz CT molecular complexity index is 556. The molecule has 1 saturated heterocycles. The maximum Gasteiger partial charge on any atom is 0.315 e. The highest BCUT2D eigenvalue weighted by Gasteiger charge is 2.21. The first-order chi connectivity index (χ1) is 12.1. The van der Waals surface area contributed by atoms with Crippen molar-refractivity contribution >= 4 is 11.9 Å². The standard InChI is InChI=1S/C17H26N4O4/c1-24-14-2-4-15(5-3-14)25-11-8-19-17(23)20-13-6-9-21(10-7-13)12-16(18)22/h2-5,13H,6-12H2,1H3,(H2,18,22)(H2,19,20,23). The highest BCUT2D eigenvalue weighted by Crippen LogP contribution is 2.16. The lowest BCUT2D eigenvalue weighted by atomic mass is 10.1. The van der Waals surface area contributed by atoms with Gasteiger partial charge >= 0.3 is 6.03 Å². The number of carbonyl (C=O) groups excluding carboxylic acids is 2. The van der Waals surface area contributed by atoms with E-state index in [0.29, 0.717) is 13.2 Å². The van der Waals surface area contributed by atoms with E-state index in [1.165, 1.54) is 0 Å². The molecule has 0 spiro atoms. The van der Waals surface area contributed by atoms with Gasteiger partial charge in [-0.2, -0.15) is 0 Å². The summed E-state index contributed by atoms with van der Waals surface area (Å²) >= 11 is 0. The first kappa shape index (κ1) is 18.9. The molecule has 0 atom stereocenters. The van der Waals surface area contributed by atoms with Crippen molar-refractivity contribution in [3.05, 3.63) is 24.3 Å². The second-order valence-corrected chi connectivity index (χ2v) is 5.94. The summed E-state index contributed by atoms with van der Waals surface area (Å²) in [5.74, 6) is 1.18. The molecular formula is C17H26N4O4. The summed E-state index contributed by atoms with van der Waals surface area (Å²) in [4.78, 5) is 24.8. The third-order valence-corrected chi connectivity index (χ3v) is 4.02. The van der Waals surface area contributed by atoms with Crippen molar-refractivity contribution in [2.75, 3.05) is 39.9 Å². The largest absolute Gasteiger partial charge is 0.497 e. The van der Waals surface area contributed by atoms with Crippen LogP contribution in [0.5, 0.6) is 11.5 Å². The molecule has 0 saturated carbocycles. The molecule has 1 fully saturated rings. The van der Waals surface area contributed by atoms with Crippen LogP contribution in [0.1, 0.15) is 12.8 Å². The van der Waals surface area contributed by atoms with E-state index >= 15 is 0 Å². The summed E-state index contributed by atoms with van der Waals surface area (Å²) in [7, 11) is 1.61. The Morgan fingerprint density at radius 3 is 2.44 bits per heavy atom. The summed E-state index contributed by atoms with van der Waals surface area (Å²) < 4.78 is 10.6. The maximum absolute atomic E-state index is 11.9. The molecule has 138 valence electrons. The summed E-state index contributed by atoms with van der Waals surface area (Å²) in [5, 5.41) is 5.72. The summed E-state index contributed by atoms with van der Waals surface area (Å²) in [6.07, 6.45) is 1.62. The molecule has 1 aliphatic rings. The molecule has 2 rings (SSSR count). The Kier molecular flexibility index (Phi) is 7.34. The topological polar surface area (TPSA) is 106 Å². The number of carbonyl (C=O) groups is 2. The van der Waals surface area contributed by atoms with Gasteiger partial charge in [0.1, 0.15) is 18.1 Å². The van der Waals surface area contributed by atoms with E-state index in [1.54, 1.807) is 7.11 Å². The fourth-order valence-corrected chi connectivity index (χ4v) is 2.70. The Morgan fingerprint density at radius 2 is 1.84 bits per heavy atom. The number of amides is 3. The molecule has 1 aromatic carbocycles. The number of primary amides is 1. The Balaban J connectivity index is 1.57. The van der Waals surface area contributed by atoms with E-state index in [1.807, 2.05) is 29.2 Å². The third-order valence-electron chi connectivity index (χ3n) is 4.02. The average molecular weight is 350 g/mol. The van der Waals surface area contributed by atoms with Crippen molar-refractivity contribution in [1.29, 1.82) is 0 Å². The minimum absolute atomic E-state index is 0.117. The summed E-state index contributed by atoms with van der Waals surface area (Å²) in [6.45, 7) is 2.60. The highest BCUT2D eigenvalue weighted by atomic mass is 16.5. The lowest BCUT2D eigenvalue weighted by molar-refractivity contribution is -0.119. The molecule has 4 N–H and O–H groups in total. The normalized spacial score (nSPS) is 15.4. The van der Waals surface area contributed by atoms with Crippen LogP contribution in [-0.2, 0) is 4.79 Å². The van der Waals surface area contributed by atoms with Crippen molar-refractivity contribution in [2.24, 2.45) is 5.73 Å². The van der Waals surface area contributed by atoms with Crippen LogP contribution in [0.2, 0.25) is 0 Å². The first-order valence-electron chi connectivity index (χ1n) is 8.38. The number of likely N-dealkylation sites (tertiary alicyclic amines) is 1. The molecule has 25 heavy (non-hydrogen) atoms. The monoisotopic (exact) mass is 350 g/mol. The van der Waals surface area contributed by atoms with Gasteiger partial charge in [-0.05, 0) is 37.1 Å². The molecule has 0 aromatic heterocycles. The van der Waals surface area contributed by atoms with Gasteiger partial charge in [0, 0.05) is 19.1 Å². The zero-order valence-electron chi connectivity index (χ0n) is 14.5. The van der Waals surface area contributed by atoms with Crippen LogP contribution in [-0.4, -0.2) is 62.8 Å². The minimum Gasteiger partial charge on any atom is -0.497 e. The number of benzene rings is 1. The van der Waals surface area contributed by atoms with Gasteiger partial charge in [-0.3, -0.25) is 9.69 Å². The van der Waals surface area contributed by atoms with Crippen LogP contribution in [0, 0.1) is 0 Å². The van der Waals surface area contributed by atoms with Crippen molar-refractivity contribution < 1.29 is 19.1 Å². The molecule has 0 aliphatic carbocycles. The van der Waals surface area contributed by atoms with Gasteiger partial charge < -0.3 is 25.8 Å². The second-order valence-electron chi connectivity index (χ2n) is 5.94. The van der Waals surface area contributed by atoms with Crippen LogP contribution in [0.4, 0.5) is 4.79 Å². The Hall–Kier alpha value is -2.48. The lowest BCUT2D eigenvalue weighted by Gasteiger charge is -2.31. The van der Waals surface area contributed by atoms with E-state index in [-0.39, 0.29) is 24.5 Å². The first-order valence-corrected chi connectivity index (χ1v) is 8.38. The quantitative estimate of drug-likeness (QED) is 0.586. The molecule has 8 nitrogen and oxygen atoms in total. The smallest absolute Gasteiger partial charge is 0.315 e. The van der Waals surface area contributed by atoms with E-state index < -0.39 is 0 Å². The van der Waals surface area contributed by atoms with Crippen LogP contribution in [0.25, 0.3) is 0 Å². The number of rotatable bonds is 8. The van der Waals surface area contributed by atoms with Crippen molar-refractivity contribution in [2.45, 2.75) is 18.9 Å². The minimum atomic E-state index is -0.319. The molecule has 8 heteroatoms. The van der Waals surface area contributed by atoms with Gasteiger partial charge in [-0.15, -0.1) is 0 Å². The van der Waals surface area contributed by atoms with Gasteiger partial charge in [-0.25, -0.2) is 4.79 Å². The van der Waals surface area contributed by atoms with Crippen molar-refractivity contribution in [3.63, 3.8) is 0 Å². The number of methoxy groups -OCH3 is 1. The van der Waals surface area contributed by atoms with Crippen molar-refractivity contribution in [3.8, 4) is 11.5 Å². The van der Waals surface area contributed by atoms with Crippen LogP contribution < -0.4 is 25.8 Å². The molecule has 1 heterocycles. The molecule has 0 bridgehead atoms. The van der Waals surface area contributed by atoms with Gasteiger partial charge in [0.15, 0.2) is 0 Å². The van der Waals surface area contributed by atoms with Gasteiger partial charge in [-0.1, -0.05) is 0 Å². The number of ether oxygens (including phenoxy) is 2. The van der Waals surface area contributed by atoms with Gasteiger partial charge in [0.2, 0.25) is 5.91 Å². The lowest BCUT2D eigenvalue weighted by Crippen LogP contribution is -2.49. The molecule has 0 radical (unpaired) electrons. The maximum atomic E-state index is 11.9. The number of nitrogens with one attached hydrogen (secondary N) is 2. The molecule has 0 unspecified atom stereocenters. The second kappa shape index (κ2) is 9.73. The number of urea groups is 1. The third kappa shape index (κ3) is 6.88. The van der Waals surface area contributed by atoms with Crippen LogP contribution >= 0.6 is 0 Å². The summed E-state index contributed by atoms with van der Waals surface area (Å²) in [6, 6.07) is 7.19. The number of hydrogen-bond acceptors (Lipinski definition) is 5. The zero-order valence-corrected chi connectivity index (χ0v) is 14.5. The van der Waals surface area contributed by atoms with Crippen LogP contribution in [0.3, 0.4) is 0 Å². The number of nitrogens with two attached hydrogens (primary N) is 1. The molecular weight excluding hydrogens is 324 g/mol. The van der Waals surface area contributed by atoms with E-state index in [9.17, 15) is 9.59 Å². The Morgan fingerprint density at radius 1 is 1.20 bits per heavy atom.